The molecule has 52 heavy (non-hydrogen) atoms. The maximum absolute atomic E-state index is 14.5. The predicted molar refractivity (Wildman–Crippen MR) is 199 cm³/mol. The summed E-state index contributed by atoms with van der Waals surface area (Å²) in [6.07, 6.45) is 1.44. The number of rotatable bonds is 8. The van der Waals surface area contributed by atoms with E-state index in [0.717, 1.165) is 6.42 Å². The van der Waals surface area contributed by atoms with Crippen molar-refractivity contribution in [1.29, 1.82) is 0 Å². The highest BCUT2D eigenvalue weighted by Gasteiger charge is 2.39. The number of carbonyl (C=O) groups excluding carboxylic acids is 6. The van der Waals surface area contributed by atoms with Gasteiger partial charge in [0.2, 0.25) is 5.91 Å². The van der Waals surface area contributed by atoms with Crippen LogP contribution in [0.3, 0.4) is 0 Å². The number of nitrogens with one attached hydrogen (secondary N) is 2. The van der Waals surface area contributed by atoms with Crippen LogP contribution in [-0.2, 0) is 4.79 Å². The minimum atomic E-state index is -0.769. The van der Waals surface area contributed by atoms with Crippen LogP contribution in [0.4, 0.5) is 11.4 Å². The van der Waals surface area contributed by atoms with Crippen LogP contribution >= 0.6 is 0 Å². The Morgan fingerprint density at radius 1 is 0.519 bits per heavy atom. The van der Waals surface area contributed by atoms with Gasteiger partial charge in [0, 0.05) is 44.4 Å². The van der Waals surface area contributed by atoms with Gasteiger partial charge >= 0.3 is 0 Å². The Balaban J connectivity index is 1.43. The van der Waals surface area contributed by atoms with Crippen molar-refractivity contribution in [1.82, 2.24) is 0 Å². The van der Waals surface area contributed by atoms with E-state index in [1.807, 2.05) is 13.8 Å². The maximum atomic E-state index is 14.5. The SMILES string of the molecule is CC(C)CCC(C)(C)C(=O)Nc1ccc(-c2ccc(NC(=O)c3ccccc3)c3c2C(=O)c2ccccc2C3=O)c2c1C(=O)c1ccccc1C2=O. The number of ketones is 4. The van der Waals surface area contributed by atoms with E-state index >= 15 is 0 Å². The number of hydrogen-bond acceptors (Lipinski definition) is 6. The lowest BCUT2D eigenvalue weighted by Crippen LogP contribution is -2.33. The van der Waals surface area contributed by atoms with Crippen LogP contribution in [0, 0.1) is 11.3 Å². The van der Waals surface area contributed by atoms with Gasteiger partial charge in [0.05, 0.1) is 22.5 Å². The third-order valence-corrected chi connectivity index (χ3v) is 9.94. The molecule has 2 N–H and O–H groups in total. The van der Waals surface area contributed by atoms with Crippen LogP contribution in [0.15, 0.2) is 103 Å². The average molecular weight is 689 g/mol. The maximum Gasteiger partial charge on any atom is 0.255 e. The summed E-state index contributed by atoms with van der Waals surface area (Å²) in [5.41, 5.74) is 1.18. The van der Waals surface area contributed by atoms with Crippen molar-refractivity contribution in [2.75, 3.05) is 10.6 Å². The molecule has 0 spiro atoms. The fraction of sp³-hybridized carbons (Fsp3) is 0.182. The fourth-order valence-corrected chi connectivity index (χ4v) is 6.94. The molecule has 7 rings (SSSR count). The summed E-state index contributed by atoms with van der Waals surface area (Å²) >= 11 is 0. The summed E-state index contributed by atoms with van der Waals surface area (Å²) in [6.45, 7) is 7.87. The van der Waals surface area contributed by atoms with Crippen LogP contribution < -0.4 is 10.6 Å². The minimum Gasteiger partial charge on any atom is -0.325 e. The number of anilines is 2. The number of amides is 2. The van der Waals surface area contributed by atoms with Crippen LogP contribution in [0.2, 0.25) is 0 Å². The van der Waals surface area contributed by atoms with Crippen LogP contribution in [0.25, 0.3) is 11.1 Å². The zero-order valence-electron chi connectivity index (χ0n) is 29.3. The topological polar surface area (TPSA) is 126 Å². The number of carbonyl (C=O) groups is 6. The van der Waals surface area contributed by atoms with Gasteiger partial charge in [0.15, 0.2) is 23.1 Å². The molecule has 5 aromatic rings. The summed E-state index contributed by atoms with van der Waals surface area (Å²) < 4.78 is 0. The lowest BCUT2D eigenvalue weighted by molar-refractivity contribution is -0.124. The van der Waals surface area contributed by atoms with Crippen molar-refractivity contribution in [3.8, 4) is 11.1 Å². The Morgan fingerprint density at radius 3 is 1.37 bits per heavy atom. The van der Waals surface area contributed by atoms with Gasteiger partial charge in [-0.05, 0) is 54.2 Å². The van der Waals surface area contributed by atoms with Crippen molar-refractivity contribution < 1.29 is 28.8 Å². The van der Waals surface area contributed by atoms with Crippen molar-refractivity contribution >= 4 is 46.3 Å². The molecule has 8 heteroatoms. The number of hydrogen-bond donors (Lipinski definition) is 2. The molecule has 0 aliphatic heterocycles. The average Bonchev–Trinajstić information content (AvgIpc) is 3.15. The first-order valence-electron chi connectivity index (χ1n) is 17.3. The standard InChI is InChI=1S/C44H36N2O6/c1-24(2)22-23-44(3,4)43(52)46-33-21-19-27(35-37(33)41(50)31-17-11-9-15-29(31)39(35)48)26-18-20-32(45-42(51)25-12-6-5-7-13-25)36-34(26)38(47)28-14-8-10-16-30(28)40(36)49/h5-21,24H,22-23H2,1-4H3,(H,45,51)(H,46,52). The lowest BCUT2D eigenvalue weighted by Gasteiger charge is -2.28. The Hall–Kier alpha value is -6.28. The number of benzene rings is 5. The largest absolute Gasteiger partial charge is 0.325 e. The van der Waals surface area contributed by atoms with E-state index in [4.69, 9.17) is 0 Å². The molecular weight excluding hydrogens is 652 g/mol. The second-order valence-corrected chi connectivity index (χ2v) is 14.3. The van der Waals surface area contributed by atoms with Gasteiger partial charge in [-0.25, -0.2) is 0 Å². The van der Waals surface area contributed by atoms with E-state index in [1.165, 1.54) is 6.07 Å². The molecule has 0 saturated heterocycles. The quantitative estimate of drug-likeness (QED) is 0.165. The molecule has 5 aromatic carbocycles. The highest BCUT2D eigenvalue weighted by atomic mass is 16.2. The molecule has 2 amide bonds. The second kappa shape index (κ2) is 13.1. The van der Waals surface area contributed by atoms with E-state index in [2.05, 4.69) is 24.5 Å². The summed E-state index contributed by atoms with van der Waals surface area (Å²) in [6, 6.07) is 27.7. The molecule has 0 saturated carbocycles. The Bertz CT molecular complexity index is 2370. The normalized spacial score (nSPS) is 13.2. The van der Waals surface area contributed by atoms with Crippen LogP contribution in [-0.4, -0.2) is 34.9 Å². The zero-order chi connectivity index (χ0) is 36.9. The van der Waals surface area contributed by atoms with Crippen molar-refractivity contribution in [2.24, 2.45) is 11.3 Å². The Kier molecular flexibility index (Phi) is 8.62. The van der Waals surface area contributed by atoms with Gasteiger partial charge in [0.25, 0.3) is 5.91 Å². The molecular formula is C44H36N2O6. The van der Waals surface area contributed by atoms with Crippen LogP contribution in [0.5, 0.6) is 0 Å². The lowest BCUT2D eigenvalue weighted by atomic mass is 9.75. The van der Waals surface area contributed by atoms with E-state index in [1.54, 1.807) is 97.1 Å². The van der Waals surface area contributed by atoms with E-state index in [0.29, 0.717) is 17.9 Å². The summed E-state index contributed by atoms with van der Waals surface area (Å²) in [5.74, 6) is -2.22. The molecule has 2 aliphatic carbocycles. The highest BCUT2D eigenvalue weighted by molar-refractivity contribution is 6.35. The van der Waals surface area contributed by atoms with Crippen molar-refractivity contribution in [2.45, 2.75) is 40.5 Å². The first-order valence-corrected chi connectivity index (χ1v) is 17.3. The number of fused-ring (bicyclic) bond motifs is 4. The smallest absolute Gasteiger partial charge is 0.255 e. The zero-order valence-corrected chi connectivity index (χ0v) is 29.3. The van der Waals surface area contributed by atoms with Gasteiger partial charge in [0.1, 0.15) is 0 Å². The molecule has 0 heterocycles. The van der Waals surface area contributed by atoms with Crippen molar-refractivity contribution in [3.63, 3.8) is 0 Å². The Morgan fingerprint density at radius 2 is 0.923 bits per heavy atom. The second-order valence-electron chi connectivity index (χ2n) is 14.3. The van der Waals surface area contributed by atoms with Crippen LogP contribution in [0.1, 0.15) is 115 Å². The highest BCUT2D eigenvalue weighted by Crippen LogP contribution is 2.44. The van der Waals surface area contributed by atoms with Gasteiger partial charge in [-0.3, -0.25) is 28.8 Å². The van der Waals surface area contributed by atoms with Gasteiger partial charge < -0.3 is 10.6 Å². The molecule has 0 fully saturated rings. The first kappa shape index (κ1) is 34.2. The molecule has 258 valence electrons. The third-order valence-electron chi connectivity index (χ3n) is 9.94. The summed E-state index contributed by atoms with van der Waals surface area (Å²) in [4.78, 5) is 84.5. The van der Waals surface area contributed by atoms with E-state index < -0.39 is 34.5 Å². The molecule has 0 atom stereocenters. The molecule has 0 unspecified atom stereocenters. The third kappa shape index (κ3) is 5.76. The Labute approximate surface area is 301 Å². The summed E-state index contributed by atoms with van der Waals surface area (Å²) in [5, 5.41) is 5.77. The monoisotopic (exact) mass is 688 g/mol. The minimum absolute atomic E-state index is 0.00229. The fourth-order valence-electron chi connectivity index (χ4n) is 6.94. The van der Waals surface area contributed by atoms with Gasteiger partial charge in [-0.1, -0.05) is 107 Å². The molecule has 2 aliphatic rings. The predicted octanol–water partition coefficient (Wildman–Crippen LogP) is 8.56. The molecule has 8 nitrogen and oxygen atoms in total. The van der Waals surface area contributed by atoms with Gasteiger partial charge in [-0.2, -0.15) is 0 Å². The van der Waals surface area contributed by atoms with E-state index in [-0.39, 0.29) is 72.9 Å². The van der Waals surface area contributed by atoms with Gasteiger partial charge in [-0.15, -0.1) is 0 Å². The van der Waals surface area contributed by atoms with Crippen molar-refractivity contribution in [3.05, 3.63) is 153 Å². The molecule has 0 radical (unpaired) electrons. The first-order chi connectivity index (χ1) is 24.9. The molecule has 0 aromatic heterocycles. The van der Waals surface area contributed by atoms with E-state index in [9.17, 15) is 28.8 Å². The molecule has 0 bridgehead atoms. The summed E-state index contributed by atoms with van der Waals surface area (Å²) in [7, 11) is 0.